The van der Waals surface area contributed by atoms with Crippen LogP contribution in [0.1, 0.15) is 300 Å². The minimum Gasteiger partial charge on any atom is -0.481 e. The van der Waals surface area contributed by atoms with Gasteiger partial charge in [0.2, 0.25) is 0 Å². The molecular formula is C62H126N2O9. The Morgan fingerprint density at radius 2 is 0.849 bits per heavy atom. The highest BCUT2D eigenvalue weighted by Gasteiger charge is 2.22. The van der Waals surface area contributed by atoms with Crippen LogP contribution in [0.2, 0.25) is 0 Å². The Morgan fingerprint density at radius 3 is 1.16 bits per heavy atom. The molecule has 11 heteroatoms. The molecule has 1 amide bonds. The molecule has 1 unspecified atom stereocenters. The van der Waals surface area contributed by atoms with Crippen LogP contribution in [0.5, 0.6) is 0 Å². The normalized spacial score (nSPS) is 13.3. The van der Waals surface area contributed by atoms with E-state index in [9.17, 15) is 14.4 Å². The Kier molecular flexibility index (Phi) is 64.9. The van der Waals surface area contributed by atoms with Crippen molar-refractivity contribution in [3.63, 3.8) is 0 Å². The van der Waals surface area contributed by atoms with Gasteiger partial charge in [0.25, 0.3) is 0 Å². The van der Waals surface area contributed by atoms with Gasteiger partial charge in [-0.1, -0.05) is 223 Å². The molecule has 0 spiro atoms. The van der Waals surface area contributed by atoms with E-state index >= 15 is 0 Å². The van der Waals surface area contributed by atoms with E-state index < -0.39 is 5.97 Å². The lowest BCUT2D eigenvalue weighted by atomic mass is 10.0. The van der Waals surface area contributed by atoms with Gasteiger partial charge < -0.3 is 43.4 Å². The summed E-state index contributed by atoms with van der Waals surface area (Å²) in [6, 6.07) is 0. The zero-order valence-corrected chi connectivity index (χ0v) is 50.4. The van der Waals surface area contributed by atoms with Crippen LogP contribution in [-0.2, 0) is 33.3 Å². The van der Waals surface area contributed by atoms with Crippen molar-refractivity contribution in [2.45, 2.75) is 313 Å². The number of carboxylic acids is 1. The second kappa shape index (κ2) is 62.7. The van der Waals surface area contributed by atoms with E-state index in [4.69, 9.17) is 28.8 Å². The minimum atomic E-state index is -0.783. The fourth-order valence-corrected chi connectivity index (χ4v) is 8.52. The van der Waals surface area contributed by atoms with Crippen LogP contribution in [0.4, 0.5) is 4.79 Å². The summed E-state index contributed by atoms with van der Waals surface area (Å²) in [5.74, 6) is 0.0464. The van der Waals surface area contributed by atoms with Gasteiger partial charge in [-0.3, -0.25) is 4.79 Å². The highest BCUT2D eigenvalue weighted by molar-refractivity contribution is 5.75. The molecule has 1 fully saturated rings. The Bertz CT molecular complexity index is 1010. The summed E-state index contributed by atoms with van der Waals surface area (Å²) in [5.41, 5.74) is 0. The number of ketones is 1. The third-order valence-corrected chi connectivity index (χ3v) is 13.2. The van der Waals surface area contributed by atoms with Crippen LogP contribution in [0.15, 0.2) is 0 Å². The van der Waals surface area contributed by atoms with Crippen LogP contribution in [0, 0.1) is 5.92 Å². The molecule has 73 heavy (non-hydrogen) atoms. The summed E-state index contributed by atoms with van der Waals surface area (Å²) in [7, 11) is 0. The van der Waals surface area contributed by atoms with Gasteiger partial charge >= 0.3 is 12.1 Å². The standard InChI is InChI=1S/C23H46O3.C22H44O4.C14H28N2O2.C3H8/c1-4-6-8-10-12-14-16-20-25-23(19-18-22(3)24)26-21-17-15-13-11-9-7-5-2;1-3-5-7-9-11-13-15-19-25-22(18-17-21(23)24)26-20-16-14-12-10-8-6-4-2;1-4-15(5-2)9-7-11-18-14(17)16-10-6-8-13(3)12-16;1-3-2/h23H,4-21H2,1-3H3;22H,3-20H2,1-2H3,(H,23,24);13H,4-12H2,1-3H3;3H2,1-2H3. The van der Waals surface area contributed by atoms with Gasteiger partial charge in [-0.15, -0.1) is 0 Å². The second-order valence-corrected chi connectivity index (χ2v) is 20.9. The number of ether oxygens (including phenoxy) is 5. The van der Waals surface area contributed by atoms with Gasteiger partial charge in [0.05, 0.1) is 13.0 Å². The number of piperidine rings is 1. The van der Waals surface area contributed by atoms with E-state index in [-0.39, 0.29) is 30.9 Å². The van der Waals surface area contributed by atoms with E-state index in [0.29, 0.717) is 45.0 Å². The quantitative estimate of drug-likeness (QED) is 0.0465. The first-order valence-corrected chi connectivity index (χ1v) is 31.3. The predicted octanol–water partition coefficient (Wildman–Crippen LogP) is 17.9. The molecule has 0 radical (unpaired) electrons. The van der Waals surface area contributed by atoms with Crippen LogP contribution in [0.25, 0.3) is 0 Å². The number of unbranched alkanes of at least 4 members (excludes halogenated alkanes) is 24. The van der Waals surface area contributed by atoms with Gasteiger partial charge in [-0.25, -0.2) is 4.79 Å². The maximum atomic E-state index is 11.8. The number of carbonyl (C=O) groups excluding carboxylic acids is 2. The number of rotatable bonds is 48. The van der Waals surface area contributed by atoms with Gasteiger partial charge in [-0.05, 0) is 70.9 Å². The van der Waals surface area contributed by atoms with E-state index in [2.05, 4.69) is 67.2 Å². The van der Waals surface area contributed by atoms with Crippen LogP contribution in [0.3, 0.4) is 0 Å². The molecule has 438 valence electrons. The van der Waals surface area contributed by atoms with E-state index in [1.54, 1.807) is 6.92 Å². The average molecular weight is 1040 g/mol. The van der Waals surface area contributed by atoms with Gasteiger partial charge in [-0.2, -0.15) is 0 Å². The third-order valence-electron chi connectivity index (χ3n) is 13.2. The number of aliphatic carboxylic acids is 1. The molecule has 1 saturated heterocycles. The number of carboxylic acid groups (broad SMARTS) is 1. The SMILES string of the molecule is CCC.CCCCCCCCCOC(CCC(=O)O)OCCCCCCCCC.CCCCCCCCCOC(CCC(C)=O)OCCCCCCCCC.CCN(CC)CCCOC(=O)N1CCCC(C)C1. The van der Waals surface area contributed by atoms with Crippen molar-refractivity contribution in [1.82, 2.24) is 9.80 Å². The third kappa shape index (κ3) is 60.9. The Labute approximate surface area is 453 Å². The molecule has 1 N–H and O–H groups in total. The number of hydrogen-bond donors (Lipinski definition) is 1. The Morgan fingerprint density at radius 1 is 0.507 bits per heavy atom. The first kappa shape index (κ1) is 75.4. The molecule has 1 atom stereocenters. The molecule has 1 aliphatic heterocycles. The number of hydrogen-bond acceptors (Lipinski definition) is 9. The zero-order valence-electron chi connectivity index (χ0n) is 50.4. The van der Waals surface area contributed by atoms with Crippen molar-refractivity contribution < 1.29 is 43.2 Å². The van der Waals surface area contributed by atoms with Crippen LogP contribution < -0.4 is 0 Å². The number of likely N-dealkylation sites (tertiary alicyclic amines) is 1. The van der Waals surface area contributed by atoms with Crippen LogP contribution in [-0.4, -0.2) is 111 Å². The molecule has 1 heterocycles. The summed E-state index contributed by atoms with van der Waals surface area (Å²) >= 11 is 0. The minimum absolute atomic E-state index is 0.110. The van der Waals surface area contributed by atoms with Crippen molar-refractivity contribution in [3.8, 4) is 0 Å². The van der Waals surface area contributed by atoms with Gasteiger partial charge in [0.1, 0.15) is 5.78 Å². The molecule has 0 aromatic rings. The predicted molar refractivity (Wildman–Crippen MR) is 310 cm³/mol. The highest BCUT2D eigenvalue weighted by Crippen LogP contribution is 2.17. The summed E-state index contributed by atoms with van der Waals surface area (Å²) in [5, 5.41) is 8.88. The Hall–Kier alpha value is -1.79. The number of Topliss-reactive ketones (excluding diaryl/α,β-unsaturated/α-hetero) is 1. The topological polar surface area (TPSA) is 124 Å². The first-order chi connectivity index (χ1) is 35.5. The van der Waals surface area contributed by atoms with E-state index in [1.165, 1.54) is 167 Å². The molecule has 1 aliphatic rings. The van der Waals surface area contributed by atoms with E-state index in [1.807, 2.05) is 4.90 Å². The number of amides is 1. The lowest BCUT2D eigenvalue weighted by Gasteiger charge is -2.30. The van der Waals surface area contributed by atoms with E-state index in [0.717, 1.165) is 84.5 Å². The van der Waals surface area contributed by atoms with Crippen molar-refractivity contribution in [2.75, 3.05) is 65.8 Å². The number of nitrogens with zero attached hydrogens (tertiary/aromatic N) is 2. The molecule has 1 rings (SSSR count). The largest absolute Gasteiger partial charge is 0.481 e. The first-order valence-electron chi connectivity index (χ1n) is 31.3. The lowest BCUT2D eigenvalue weighted by Crippen LogP contribution is -2.39. The van der Waals surface area contributed by atoms with Crippen molar-refractivity contribution in [1.29, 1.82) is 0 Å². The number of carbonyl (C=O) groups is 3. The maximum absolute atomic E-state index is 11.8. The van der Waals surface area contributed by atoms with Crippen molar-refractivity contribution in [2.24, 2.45) is 5.92 Å². The highest BCUT2D eigenvalue weighted by atomic mass is 16.7. The van der Waals surface area contributed by atoms with Gasteiger partial charge in [0.15, 0.2) is 12.6 Å². The van der Waals surface area contributed by atoms with Crippen molar-refractivity contribution >= 4 is 17.8 Å². The monoisotopic (exact) mass is 1040 g/mol. The van der Waals surface area contributed by atoms with Gasteiger partial charge in [0, 0.05) is 65.3 Å². The maximum Gasteiger partial charge on any atom is 0.409 e. The fourth-order valence-electron chi connectivity index (χ4n) is 8.52. The summed E-state index contributed by atoms with van der Waals surface area (Å²) in [4.78, 5) is 38.0. The summed E-state index contributed by atoms with van der Waals surface area (Å²) < 4.78 is 28.7. The Balaban J connectivity index is -0.000000994. The second-order valence-electron chi connectivity index (χ2n) is 20.9. The lowest BCUT2D eigenvalue weighted by molar-refractivity contribution is -0.156. The smallest absolute Gasteiger partial charge is 0.409 e. The molecule has 0 bridgehead atoms. The zero-order chi connectivity index (χ0) is 54.7. The summed E-state index contributed by atoms with van der Waals surface area (Å²) in [6.07, 6.45) is 41.2. The molecule has 0 aromatic heterocycles. The van der Waals surface area contributed by atoms with Crippen molar-refractivity contribution in [3.05, 3.63) is 0 Å². The molecule has 0 saturated carbocycles. The summed E-state index contributed by atoms with van der Waals surface area (Å²) in [6.45, 7) is 29.6. The molecule has 0 aromatic carbocycles. The molecule has 11 nitrogen and oxygen atoms in total. The average Bonchev–Trinajstić information content (AvgIpc) is 3.38. The van der Waals surface area contributed by atoms with Crippen LogP contribution >= 0.6 is 0 Å². The fraction of sp³-hybridized carbons (Fsp3) is 0.952. The molecular weight excluding hydrogens is 917 g/mol. The molecule has 0 aliphatic carbocycles.